The number of fused-ring (bicyclic) bond motifs is 1. The van der Waals surface area contributed by atoms with E-state index in [1.165, 1.54) is 5.56 Å². The molecule has 0 unspecified atom stereocenters. The predicted molar refractivity (Wildman–Crippen MR) is 94.6 cm³/mol. The van der Waals surface area contributed by atoms with Crippen molar-refractivity contribution < 1.29 is 0 Å². The molecule has 120 valence electrons. The molecule has 0 spiro atoms. The molecule has 0 bridgehead atoms. The van der Waals surface area contributed by atoms with Gasteiger partial charge in [0.15, 0.2) is 5.82 Å². The van der Waals surface area contributed by atoms with Gasteiger partial charge in [-0.3, -0.25) is 4.98 Å². The third kappa shape index (κ3) is 2.12. The molecule has 0 saturated heterocycles. The number of aryl methyl sites for hydroxylation is 3. The zero-order valence-corrected chi connectivity index (χ0v) is 14.3. The van der Waals surface area contributed by atoms with E-state index in [-0.39, 0.29) is 5.41 Å². The monoisotopic (exact) mass is 316 g/mol. The van der Waals surface area contributed by atoms with Crippen molar-refractivity contribution in [3.05, 3.63) is 47.2 Å². The van der Waals surface area contributed by atoms with E-state index in [1.807, 2.05) is 13.2 Å². The van der Waals surface area contributed by atoms with Crippen LogP contribution >= 0.6 is 0 Å². The van der Waals surface area contributed by atoms with Gasteiger partial charge in [0, 0.05) is 13.2 Å². The van der Waals surface area contributed by atoms with Crippen LogP contribution in [-0.4, -0.2) is 14.5 Å². The maximum absolute atomic E-state index is 9.43. The van der Waals surface area contributed by atoms with Crippen LogP contribution < -0.4 is 0 Å². The van der Waals surface area contributed by atoms with Crippen LogP contribution in [0.3, 0.4) is 0 Å². The molecule has 24 heavy (non-hydrogen) atoms. The van der Waals surface area contributed by atoms with E-state index in [0.717, 1.165) is 52.9 Å². The quantitative estimate of drug-likeness (QED) is 0.732. The van der Waals surface area contributed by atoms with Gasteiger partial charge in [0.2, 0.25) is 0 Å². The summed E-state index contributed by atoms with van der Waals surface area (Å²) < 4.78 is 2.10. The van der Waals surface area contributed by atoms with Crippen molar-refractivity contribution in [2.75, 3.05) is 0 Å². The standard InChI is InChI=1S/C20H20N4/c1-4-14-10-15(20(12-21)7-8-20)11-22-18(14)19-23-16-9-13(2)5-6-17(16)24(19)3/h5-6,9-11H,4,7-8H2,1-3H3. The van der Waals surface area contributed by atoms with Crippen molar-refractivity contribution in [3.8, 4) is 17.6 Å². The summed E-state index contributed by atoms with van der Waals surface area (Å²) in [6, 6.07) is 10.9. The molecule has 3 aromatic rings. The average Bonchev–Trinajstić information content (AvgIpc) is 3.34. The van der Waals surface area contributed by atoms with Gasteiger partial charge in [0.05, 0.1) is 22.5 Å². The highest BCUT2D eigenvalue weighted by atomic mass is 15.1. The lowest BCUT2D eigenvalue weighted by molar-refractivity contribution is 0.882. The van der Waals surface area contributed by atoms with Crippen LogP contribution in [-0.2, 0) is 18.9 Å². The minimum Gasteiger partial charge on any atom is -0.326 e. The van der Waals surface area contributed by atoms with Gasteiger partial charge in [0.1, 0.15) is 5.69 Å². The first-order valence-corrected chi connectivity index (χ1v) is 8.42. The second kappa shape index (κ2) is 5.17. The van der Waals surface area contributed by atoms with Gasteiger partial charge >= 0.3 is 0 Å². The molecule has 2 aromatic heterocycles. The zero-order chi connectivity index (χ0) is 16.9. The molecule has 4 heteroatoms. The minimum absolute atomic E-state index is 0.293. The number of pyridine rings is 1. The summed E-state index contributed by atoms with van der Waals surface area (Å²) in [7, 11) is 2.03. The Hall–Kier alpha value is -2.67. The fourth-order valence-electron chi connectivity index (χ4n) is 3.35. The summed E-state index contributed by atoms with van der Waals surface area (Å²) in [5.41, 5.74) is 6.15. The Morgan fingerprint density at radius 1 is 1.29 bits per heavy atom. The molecule has 0 atom stereocenters. The van der Waals surface area contributed by atoms with E-state index in [2.05, 4.69) is 48.7 Å². The van der Waals surface area contributed by atoms with Crippen molar-refractivity contribution in [2.24, 2.45) is 7.05 Å². The topological polar surface area (TPSA) is 54.5 Å². The van der Waals surface area contributed by atoms with Gasteiger partial charge < -0.3 is 4.57 Å². The van der Waals surface area contributed by atoms with Crippen molar-refractivity contribution in [1.29, 1.82) is 5.26 Å². The predicted octanol–water partition coefficient (Wildman–Crippen LogP) is 4.06. The van der Waals surface area contributed by atoms with Crippen LogP contribution in [0.4, 0.5) is 0 Å². The number of rotatable bonds is 3. The summed E-state index contributed by atoms with van der Waals surface area (Å²) >= 11 is 0. The first-order valence-electron chi connectivity index (χ1n) is 8.42. The SMILES string of the molecule is CCc1cc(C2(C#N)CC2)cnc1-c1nc2cc(C)ccc2n1C. The lowest BCUT2D eigenvalue weighted by atomic mass is 9.96. The van der Waals surface area contributed by atoms with Crippen molar-refractivity contribution in [1.82, 2.24) is 14.5 Å². The smallest absolute Gasteiger partial charge is 0.159 e. The molecule has 4 nitrogen and oxygen atoms in total. The maximum Gasteiger partial charge on any atom is 0.159 e. The van der Waals surface area contributed by atoms with Gasteiger partial charge in [-0.15, -0.1) is 0 Å². The van der Waals surface area contributed by atoms with Gasteiger partial charge in [-0.2, -0.15) is 5.26 Å². The fourth-order valence-corrected chi connectivity index (χ4v) is 3.35. The van der Waals surface area contributed by atoms with E-state index in [4.69, 9.17) is 9.97 Å². The summed E-state index contributed by atoms with van der Waals surface area (Å²) in [4.78, 5) is 9.53. The number of nitriles is 1. The van der Waals surface area contributed by atoms with Crippen LogP contribution in [0.25, 0.3) is 22.6 Å². The number of nitrogens with zero attached hydrogens (tertiary/aromatic N) is 4. The molecule has 0 radical (unpaired) electrons. The van der Waals surface area contributed by atoms with E-state index in [1.54, 1.807) is 0 Å². The lowest BCUT2D eigenvalue weighted by Gasteiger charge is -2.12. The number of aromatic nitrogens is 3. The summed E-state index contributed by atoms with van der Waals surface area (Å²) in [5, 5.41) is 9.43. The molecular formula is C20H20N4. The second-order valence-electron chi connectivity index (χ2n) is 6.77. The number of benzene rings is 1. The van der Waals surface area contributed by atoms with Crippen molar-refractivity contribution in [3.63, 3.8) is 0 Å². The molecule has 0 N–H and O–H groups in total. The summed E-state index contributed by atoms with van der Waals surface area (Å²) in [6.45, 7) is 4.21. The minimum atomic E-state index is -0.293. The van der Waals surface area contributed by atoms with Crippen LogP contribution in [0.15, 0.2) is 30.5 Å². The van der Waals surface area contributed by atoms with Gasteiger partial charge in [-0.05, 0) is 55.0 Å². The lowest BCUT2D eigenvalue weighted by Crippen LogP contribution is -2.07. The molecule has 4 rings (SSSR count). The Bertz CT molecular complexity index is 987. The van der Waals surface area contributed by atoms with Crippen LogP contribution in [0.1, 0.15) is 36.5 Å². The van der Waals surface area contributed by atoms with E-state index >= 15 is 0 Å². The summed E-state index contributed by atoms with van der Waals surface area (Å²) in [5.74, 6) is 0.890. The normalized spacial score (nSPS) is 15.4. The van der Waals surface area contributed by atoms with Crippen LogP contribution in [0.5, 0.6) is 0 Å². The third-order valence-electron chi connectivity index (χ3n) is 5.11. The highest BCUT2D eigenvalue weighted by Gasteiger charge is 2.45. The number of hydrogen-bond acceptors (Lipinski definition) is 3. The van der Waals surface area contributed by atoms with Crippen molar-refractivity contribution in [2.45, 2.75) is 38.5 Å². The van der Waals surface area contributed by atoms with E-state index < -0.39 is 0 Å². The fraction of sp³-hybridized carbons (Fsp3) is 0.350. The molecule has 2 heterocycles. The molecular weight excluding hydrogens is 296 g/mol. The molecule has 1 aromatic carbocycles. The molecule has 1 aliphatic carbocycles. The molecule has 1 saturated carbocycles. The Balaban J connectivity index is 1.88. The Morgan fingerprint density at radius 2 is 2.08 bits per heavy atom. The number of hydrogen-bond donors (Lipinski definition) is 0. The molecule has 1 fully saturated rings. The Morgan fingerprint density at radius 3 is 2.75 bits per heavy atom. The third-order valence-corrected chi connectivity index (χ3v) is 5.11. The first kappa shape index (κ1) is 14.9. The molecule has 0 aliphatic heterocycles. The van der Waals surface area contributed by atoms with Gasteiger partial charge in [0.25, 0.3) is 0 Å². The highest BCUT2D eigenvalue weighted by molar-refractivity contribution is 5.81. The summed E-state index contributed by atoms with van der Waals surface area (Å²) in [6.07, 6.45) is 4.63. The van der Waals surface area contributed by atoms with Crippen molar-refractivity contribution >= 4 is 11.0 Å². The Kier molecular flexibility index (Phi) is 3.21. The molecule has 1 aliphatic rings. The van der Waals surface area contributed by atoms with E-state index in [0.29, 0.717) is 0 Å². The highest BCUT2D eigenvalue weighted by Crippen LogP contribution is 2.47. The average molecular weight is 316 g/mol. The largest absolute Gasteiger partial charge is 0.326 e. The number of imidazole rings is 1. The second-order valence-corrected chi connectivity index (χ2v) is 6.77. The first-order chi connectivity index (χ1) is 11.6. The van der Waals surface area contributed by atoms with Gasteiger partial charge in [-0.1, -0.05) is 19.1 Å². The van der Waals surface area contributed by atoms with Gasteiger partial charge in [-0.25, -0.2) is 4.98 Å². The van der Waals surface area contributed by atoms with Crippen LogP contribution in [0.2, 0.25) is 0 Å². The van der Waals surface area contributed by atoms with Crippen LogP contribution in [0, 0.1) is 18.3 Å². The molecule has 0 amide bonds. The zero-order valence-electron chi connectivity index (χ0n) is 14.3. The maximum atomic E-state index is 9.43. The Labute approximate surface area is 141 Å². The van der Waals surface area contributed by atoms with E-state index in [9.17, 15) is 5.26 Å².